The van der Waals surface area contributed by atoms with Crippen molar-refractivity contribution < 1.29 is 4.79 Å². The second-order valence-electron chi connectivity index (χ2n) is 7.64. The molecule has 0 saturated carbocycles. The maximum atomic E-state index is 13.1. The summed E-state index contributed by atoms with van der Waals surface area (Å²) in [5.74, 6) is -0.142. The van der Waals surface area contributed by atoms with Gasteiger partial charge in [0.25, 0.3) is 5.91 Å². The largest absolute Gasteiger partial charge is 0.334 e. The number of rotatable bonds is 5. The van der Waals surface area contributed by atoms with Crippen molar-refractivity contribution in [2.75, 3.05) is 7.05 Å². The van der Waals surface area contributed by atoms with Crippen LogP contribution >= 0.6 is 0 Å². The quantitative estimate of drug-likeness (QED) is 0.420. The van der Waals surface area contributed by atoms with Crippen LogP contribution in [0.25, 0.3) is 22.4 Å². The maximum Gasteiger partial charge on any atom is 0.272 e. The van der Waals surface area contributed by atoms with E-state index in [-0.39, 0.29) is 11.9 Å². The van der Waals surface area contributed by atoms with Crippen molar-refractivity contribution in [1.29, 1.82) is 0 Å². The molecule has 3 heterocycles. The summed E-state index contributed by atoms with van der Waals surface area (Å²) in [5.41, 5.74) is 5.26. The van der Waals surface area contributed by atoms with Gasteiger partial charge in [0.05, 0.1) is 22.8 Å². The standard InChI is InChI=1S/C25H22N6O/c1-18(29(2)25(32)23-16-21(12-14-26-23)31-15-5-13-28-31)19-8-10-20(11-9-19)30-17-27-22-6-3-4-7-24(22)30/h3-18H,1-2H3. The number of hydrogen-bond donors (Lipinski definition) is 0. The molecule has 1 unspecified atom stereocenters. The molecule has 7 nitrogen and oxygen atoms in total. The fourth-order valence-electron chi connectivity index (χ4n) is 3.76. The monoisotopic (exact) mass is 422 g/mol. The highest BCUT2D eigenvalue weighted by Crippen LogP contribution is 2.24. The number of fused-ring (bicyclic) bond motifs is 1. The minimum atomic E-state index is -0.142. The summed E-state index contributed by atoms with van der Waals surface area (Å²) < 4.78 is 3.77. The number of carbonyl (C=O) groups is 1. The van der Waals surface area contributed by atoms with E-state index < -0.39 is 0 Å². The van der Waals surface area contributed by atoms with Crippen LogP contribution < -0.4 is 0 Å². The van der Waals surface area contributed by atoms with Gasteiger partial charge in [0.15, 0.2) is 0 Å². The Bertz CT molecular complexity index is 1370. The van der Waals surface area contributed by atoms with E-state index in [1.807, 2.05) is 61.9 Å². The first-order chi connectivity index (χ1) is 15.6. The first kappa shape index (κ1) is 19.7. The van der Waals surface area contributed by atoms with E-state index in [1.54, 1.807) is 35.1 Å². The summed E-state index contributed by atoms with van der Waals surface area (Å²) in [4.78, 5) is 23.5. The zero-order valence-electron chi connectivity index (χ0n) is 17.8. The van der Waals surface area contributed by atoms with Gasteiger partial charge in [-0.05, 0) is 55.0 Å². The van der Waals surface area contributed by atoms with E-state index >= 15 is 0 Å². The molecule has 1 atom stereocenters. The average Bonchev–Trinajstić information content (AvgIpc) is 3.53. The SMILES string of the molecule is CC(c1ccc(-n2cnc3ccccc32)cc1)N(C)C(=O)c1cc(-n2cccn2)ccn1. The third kappa shape index (κ3) is 3.54. The van der Waals surface area contributed by atoms with Crippen LogP contribution in [-0.4, -0.2) is 42.2 Å². The number of aromatic nitrogens is 5. The third-order valence-corrected chi connectivity index (χ3v) is 5.74. The van der Waals surface area contributed by atoms with Gasteiger partial charge in [-0.2, -0.15) is 5.10 Å². The van der Waals surface area contributed by atoms with Crippen molar-refractivity contribution in [2.45, 2.75) is 13.0 Å². The van der Waals surface area contributed by atoms with Gasteiger partial charge >= 0.3 is 0 Å². The Balaban J connectivity index is 1.36. The highest BCUT2D eigenvalue weighted by molar-refractivity contribution is 5.92. The van der Waals surface area contributed by atoms with Crippen LogP contribution in [0.1, 0.15) is 29.0 Å². The maximum absolute atomic E-state index is 13.1. The number of pyridine rings is 1. The normalized spacial score (nSPS) is 12.1. The molecule has 3 aromatic heterocycles. The van der Waals surface area contributed by atoms with Crippen LogP contribution in [0.3, 0.4) is 0 Å². The summed E-state index contributed by atoms with van der Waals surface area (Å²) in [6, 6.07) is 21.5. The van der Waals surface area contributed by atoms with Crippen LogP contribution in [0.4, 0.5) is 0 Å². The van der Waals surface area contributed by atoms with Gasteiger partial charge in [-0.25, -0.2) is 9.67 Å². The van der Waals surface area contributed by atoms with E-state index in [0.717, 1.165) is 28.0 Å². The van der Waals surface area contributed by atoms with Crippen molar-refractivity contribution in [3.8, 4) is 11.4 Å². The molecule has 0 bridgehead atoms. The second-order valence-corrected chi connectivity index (χ2v) is 7.64. The summed E-state index contributed by atoms with van der Waals surface area (Å²) in [6.45, 7) is 2.01. The molecule has 158 valence electrons. The van der Waals surface area contributed by atoms with E-state index in [0.29, 0.717) is 5.69 Å². The van der Waals surface area contributed by atoms with E-state index in [4.69, 9.17) is 0 Å². The molecule has 0 fully saturated rings. The Morgan fingerprint density at radius 2 is 1.75 bits per heavy atom. The van der Waals surface area contributed by atoms with Crippen molar-refractivity contribution in [1.82, 2.24) is 29.2 Å². The van der Waals surface area contributed by atoms with Gasteiger partial charge in [0.2, 0.25) is 0 Å². The molecule has 0 N–H and O–H groups in total. The van der Waals surface area contributed by atoms with E-state index in [9.17, 15) is 4.79 Å². The van der Waals surface area contributed by atoms with Gasteiger partial charge < -0.3 is 4.90 Å². The lowest BCUT2D eigenvalue weighted by Gasteiger charge is -2.25. The smallest absolute Gasteiger partial charge is 0.272 e. The van der Waals surface area contributed by atoms with Gasteiger partial charge in [0, 0.05) is 31.3 Å². The van der Waals surface area contributed by atoms with Crippen molar-refractivity contribution in [2.24, 2.45) is 0 Å². The zero-order valence-corrected chi connectivity index (χ0v) is 17.8. The number of benzene rings is 2. The fourth-order valence-corrected chi connectivity index (χ4v) is 3.76. The zero-order chi connectivity index (χ0) is 22.1. The Morgan fingerprint density at radius 1 is 0.938 bits per heavy atom. The lowest BCUT2D eigenvalue weighted by atomic mass is 10.1. The predicted octanol–water partition coefficient (Wildman–Crippen LogP) is 4.44. The Kier molecular flexibility index (Phi) is 4.99. The summed E-state index contributed by atoms with van der Waals surface area (Å²) in [6.07, 6.45) is 7.00. The molecule has 5 aromatic rings. The van der Waals surface area contributed by atoms with Crippen LogP contribution in [0.5, 0.6) is 0 Å². The number of hydrogen-bond acceptors (Lipinski definition) is 4. The molecular weight excluding hydrogens is 400 g/mol. The predicted molar refractivity (Wildman–Crippen MR) is 123 cm³/mol. The molecule has 0 spiro atoms. The molecule has 0 aliphatic rings. The van der Waals surface area contributed by atoms with Crippen molar-refractivity contribution >= 4 is 16.9 Å². The first-order valence-corrected chi connectivity index (χ1v) is 10.4. The molecule has 0 aliphatic carbocycles. The molecule has 32 heavy (non-hydrogen) atoms. The Hall–Kier alpha value is -4.26. The molecule has 0 saturated heterocycles. The lowest BCUT2D eigenvalue weighted by Crippen LogP contribution is -2.30. The highest BCUT2D eigenvalue weighted by Gasteiger charge is 2.20. The third-order valence-electron chi connectivity index (χ3n) is 5.74. The Morgan fingerprint density at radius 3 is 2.53 bits per heavy atom. The first-order valence-electron chi connectivity index (χ1n) is 10.4. The number of imidazole rings is 1. The molecule has 0 aliphatic heterocycles. The van der Waals surface area contributed by atoms with E-state index in [2.05, 4.69) is 37.8 Å². The van der Waals surface area contributed by atoms with Crippen LogP contribution in [-0.2, 0) is 0 Å². The number of para-hydroxylation sites is 2. The second kappa shape index (κ2) is 8.11. The minimum Gasteiger partial charge on any atom is -0.334 e. The number of carbonyl (C=O) groups excluding carboxylic acids is 1. The van der Waals surface area contributed by atoms with Gasteiger partial charge in [-0.15, -0.1) is 0 Å². The van der Waals surface area contributed by atoms with Crippen molar-refractivity contribution in [3.63, 3.8) is 0 Å². The molecular formula is C25H22N6O. The summed E-state index contributed by atoms with van der Waals surface area (Å²) in [5, 5.41) is 4.22. The lowest BCUT2D eigenvalue weighted by molar-refractivity contribution is 0.0736. The average molecular weight is 422 g/mol. The molecule has 1 amide bonds. The van der Waals surface area contributed by atoms with Crippen molar-refractivity contribution in [3.05, 3.63) is 103 Å². The molecule has 7 heteroatoms. The molecule has 5 rings (SSSR count). The fraction of sp³-hybridized carbons (Fsp3) is 0.120. The Labute approximate surface area is 185 Å². The molecule has 0 radical (unpaired) electrons. The van der Waals surface area contributed by atoms with E-state index in [1.165, 1.54) is 0 Å². The number of nitrogens with zero attached hydrogens (tertiary/aromatic N) is 6. The topological polar surface area (TPSA) is 68.8 Å². The van der Waals surface area contributed by atoms with Crippen LogP contribution in [0, 0.1) is 0 Å². The molecule has 2 aromatic carbocycles. The highest BCUT2D eigenvalue weighted by atomic mass is 16.2. The summed E-state index contributed by atoms with van der Waals surface area (Å²) in [7, 11) is 1.80. The van der Waals surface area contributed by atoms with Gasteiger partial charge in [-0.3, -0.25) is 14.3 Å². The number of amides is 1. The summed E-state index contributed by atoms with van der Waals surface area (Å²) >= 11 is 0. The van der Waals surface area contributed by atoms with Gasteiger partial charge in [-0.1, -0.05) is 24.3 Å². The van der Waals surface area contributed by atoms with Crippen LogP contribution in [0.15, 0.2) is 91.6 Å². The minimum absolute atomic E-state index is 0.119. The van der Waals surface area contributed by atoms with Crippen LogP contribution in [0.2, 0.25) is 0 Å². The van der Waals surface area contributed by atoms with Gasteiger partial charge in [0.1, 0.15) is 12.0 Å².